The van der Waals surface area contributed by atoms with Crippen molar-refractivity contribution in [2.24, 2.45) is 5.41 Å². The number of nitrogens with zero attached hydrogens (tertiary/aromatic N) is 2. The van der Waals surface area contributed by atoms with Gasteiger partial charge in [-0.05, 0) is 43.2 Å². The third-order valence-corrected chi connectivity index (χ3v) is 5.51. The number of imidazole rings is 1. The Hall–Kier alpha value is -1.67. The van der Waals surface area contributed by atoms with Crippen LogP contribution in [0.3, 0.4) is 0 Å². The second-order valence-corrected chi connectivity index (χ2v) is 10.3. The highest BCUT2D eigenvalue weighted by molar-refractivity contribution is 7.13. The minimum absolute atomic E-state index is 0.166. The molecule has 0 fully saturated rings. The second kappa shape index (κ2) is 7.05. The highest BCUT2D eigenvalue weighted by Gasteiger charge is 2.29. The zero-order valence-corrected chi connectivity index (χ0v) is 18.5. The van der Waals surface area contributed by atoms with E-state index in [1.807, 2.05) is 22.0 Å². The van der Waals surface area contributed by atoms with Crippen LogP contribution in [0.25, 0.3) is 16.2 Å². The number of pyridine rings is 1. The van der Waals surface area contributed by atoms with E-state index in [0.717, 1.165) is 28.4 Å². The van der Waals surface area contributed by atoms with Crippen LogP contribution in [0.15, 0.2) is 23.7 Å². The van der Waals surface area contributed by atoms with Crippen molar-refractivity contribution in [3.8, 4) is 22.9 Å². The molecule has 3 rings (SSSR count). The Morgan fingerprint density at radius 2 is 1.96 bits per heavy atom. The van der Waals surface area contributed by atoms with Crippen LogP contribution in [-0.2, 0) is 0 Å². The van der Waals surface area contributed by atoms with Crippen LogP contribution < -0.4 is 5.32 Å². The van der Waals surface area contributed by atoms with Gasteiger partial charge in [0.05, 0.1) is 14.9 Å². The fourth-order valence-electron chi connectivity index (χ4n) is 3.65. The van der Waals surface area contributed by atoms with Crippen molar-refractivity contribution >= 4 is 46.0 Å². The molecular weight excluding hydrogens is 397 g/mol. The van der Waals surface area contributed by atoms with Crippen molar-refractivity contribution in [3.05, 3.63) is 39.3 Å². The molecule has 0 spiro atoms. The van der Waals surface area contributed by atoms with Crippen LogP contribution in [0.1, 0.15) is 46.6 Å². The summed E-state index contributed by atoms with van der Waals surface area (Å²) in [6.07, 6.45) is 8.49. The molecule has 3 aromatic heterocycles. The molecule has 0 bridgehead atoms. The number of hydrogen-bond acceptors (Lipinski definition) is 3. The first-order valence-corrected chi connectivity index (χ1v) is 10.3. The zero-order valence-electron chi connectivity index (χ0n) is 16.2. The molecule has 0 aliphatic rings. The number of thiophene rings is 1. The summed E-state index contributed by atoms with van der Waals surface area (Å²) in [5.74, 6) is 3.60. The van der Waals surface area contributed by atoms with Crippen molar-refractivity contribution in [2.75, 3.05) is 5.32 Å². The normalized spacial score (nSPS) is 12.4. The Kier molecular flexibility index (Phi) is 5.24. The summed E-state index contributed by atoms with van der Waals surface area (Å²) < 4.78 is 1.92. The maximum absolute atomic E-state index is 6.43. The first-order valence-electron chi connectivity index (χ1n) is 8.70. The van der Waals surface area contributed by atoms with Crippen LogP contribution in [0.2, 0.25) is 10.0 Å². The monoisotopic (exact) mass is 419 g/mol. The number of nitrogens with one attached hydrogen (secondary N) is 1. The largest absolute Gasteiger partial charge is 0.364 e. The van der Waals surface area contributed by atoms with Gasteiger partial charge in [-0.15, -0.1) is 17.8 Å². The zero-order chi connectivity index (χ0) is 20.0. The highest BCUT2D eigenvalue weighted by atomic mass is 35.5. The van der Waals surface area contributed by atoms with Crippen LogP contribution in [0, 0.1) is 17.8 Å². The van der Waals surface area contributed by atoms with Gasteiger partial charge in [-0.25, -0.2) is 4.98 Å². The fourth-order valence-corrected chi connectivity index (χ4v) is 5.01. The minimum atomic E-state index is -0.175. The molecule has 0 saturated carbocycles. The van der Waals surface area contributed by atoms with E-state index < -0.39 is 0 Å². The van der Waals surface area contributed by atoms with Gasteiger partial charge in [-0.2, -0.15) is 0 Å². The summed E-state index contributed by atoms with van der Waals surface area (Å²) in [7, 11) is 0. The number of halogens is 2. The van der Waals surface area contributed by atoms with Crippen molar-refractivity contribution in [1.82, 2.24) is 9.38 Å². The summed E-state index contributed by atoms with van der Waals surface area (Å²) in [6, 6.07) is 3.64. The summed E-state index contributed by atoms with van der Waals surface area (Å²) in [6.45, 7) is 11.1. The van der Waals surface area contributed by atoms with E-state index in [1.165, 1.54) is 0 Å². The molecule has 3 heterocycles. The third-order valence-electron chi connectivity index (χ3n) is 4.11. The molecule has 0 unspecified atom stereocenters. The molecule has 0 atom stereocenters. The number of terminal acetylenes is 1. The molecule has 0 aliphatic carbocycles. The molecule has 1 N–H and O–H groups in total. The van der Waals surface area contributed by atoms with Gasteiger partial charge in [0.1, 0.15) is 11.5 Å². The van der Waals surface area contributed by atoms with Gasteiger partial charge in [-0.1, -0.05) is 49.9 Å². The number of rotatable bonds is 4. The molecule has 0 radical (unpaired) electrons. The minimum Gasteiger partial charge on any atom is -0.364 e. The molecule has 27 heavy (non-hydrogen) atoms. The molecule has 0 saturated heterocycles. The second-order valence-electron chi connectivity index (χ2n) is 8.56. The molecule has 6 heteroatoms. The van der Waals surface area contributed by atoms with E-state index in [0.29, 0.717) is 15.7 Å². The van der Waals surface area contributed by atoms with Crippen LogP contribution in [0.5, 0.6) is 0 Å². The van der Waals surface area contributed by atoms with Gasteiger partial charge in [0.15, 0.2) is 5.65 Å². The lowest BCUT2D eigenvalue weighted by atomic mass is 9.82. The van der Waals surface area contributed by atoms with Crippen molar-refractivity contribution in [3.63, 3.8) is 0 Å². The van der Waals surface area contributed by atoms with Gasteiger partial charge >= 0.3 is 0 Å². The van der Waals surface area contributed by atoms with Gasteiger partial charge in [0.2, 0.25) is 0 Å². The van der Waals surface area contributed by atoms with Gasteiger partial charge in [0, 0.05) is 17.3 Å². The molecule has 0 amide bonds. The number of aromatic nitrogens is 2. The lowest BCUT2D eigenvalue weighted by Crippen LogP contribution is -2.36. The van der Waals surface area contributed by atoms with Crippen LogP contribution in [-0.4, -0.2) is 14.9 Å². The van der Waals surface area contributed by atoms with Crippen LogP contribution in [0.4, 0.5) is 5.82 Å². The highest BCUT2D eigenvalue weighted by Crippen LogP contribution is 2.39. The summed E-state index contributed by atoms with van der Waals surface area (Å²) in [5, 5.41) is 6.72. The Balaban J connectivity index is 2.23. The molecule has 0 aromatic carbocycles. The predicted octanol–water partition coefficient (Wildman–Crippen LogP) is 6.98. The van der Waals surface area contributed by atoms with E-state index in [2.05, 4.69) is 45.9 Å². The Morgan fingerprint density at radius 3 is 2.59 bits per heavy atom. The maximum atomic E-state index is 6.43. The van der Waals surface area contributed by atoms with Crippen molar-refractivity contribution in [2.45, 2.75) is 46.6 Å². The Morgan fingerprint density at radius 1 is 1.26 bits per heavy atom. The lowest BCUT2D eigenvalue weighted by Gasteiger charge is -2.34. The standard InChI is InChI=1S/C21H23Cl2N3S/c1-7-13-8-9-27-17(13)16-19(25-21(5,6)12-20(2,3)4)26-11-14(22)10-15(23)18(26)24-16/h1,8-11,25H,12H2,2-6H3. The summed E-state index contributed by atoms with van der Waals surface area (Å²) in [4.78, 5) is 5.76. The van der Waals surface area contributed by atoms with E-state index in [1.54, 1.807) is 17.4 Å². The number of anilines is 1. The average molecular weight is 420 g/mol. The SMILES string of the molecule is C#Cc1ccsc1-c1nc2c(Cl)cc(Cl)cn2c1NC(C)(C)CC(C)(C)C. The average Bonchev–Trinajstić information content (AvgIpc) is 3.09. The third kappa shape index (κ3) is 4.27. The van der Waals surface area contributed by atoms with Crippen molar-refractivity contribution < 1.29 is 0 Å². The number of hydrogen-bond donors (Lipinski definition) is 1. The smallest absolute Gasteiger partial charge is 0.158 e. The Bertz CT molecular complexity index is 1030. The van der Waals surface area contributed by atoms with Gasteiger partial charge in [0.25, 0.3) is 0 Å². The topological polar surface area (TPSA) is 29.3 Å². The predicted molar refractivity (Wildman–Crippen MR) is 118 cm³/mol. The summed E-state index contributed by atoms with van der Waals surface area (Å²) >= 11 is 14.3. The molecule has 0 aliphatic heterocycles. The molecular formula is C21H23Cl2N3S. The van der Waals surface area contributed by atoms with E-state index in [4.69, 9.17) is 34.6 Å². The van der Waals surface area contributed by atoms with Gasteiger partial charge in [-0.3, -0.25) is 4.40 Å². The molecule has 3 aromatic rings. The lowest BCUT2D eigenvalue weighted by molar-refractivity contribution is 0.302. The van der Waals surface area contributed by atoms with E-state index >= 15 is 0 Å². The van der Waals surface area contributed by atoms with Gasteiger partial charge < -0.3 is 5.32 Å². The van der Waals surface area contributed by atoms with E-state index in [9.17, 15) is 0 Å². The van der Waals surface area contributed by atoms with Crippen molar-refractivity contribution in [1.29, 1.82) is 0 Å². The molecule has 142 valence electrons. The van der Waals surface area contributed by atoms with E-state index in [-0.39, 0.29) is 11.0 Å². The Labute approximate surface area is 174 Å². The first-order chi connectivity index (χ1) is 12.5. The number of fused-ring (bicyclic) bond motifs is 1. The first kappa shape index (κ1) is 20.1. The molecule has 3 nitrogen and oxygen atoms in total. The fraction of sp³-hybridized carbons (Fsp3) is 0.381. The quantitative estimate of drug-likeness (QED) is 0.462. The van der Waals surface area contributed by atoms with Crippen LogP contribution >= 0.6 is 34.5 Å². The maximum Gasteiger partial charge on any atom is 0.158 e. The summed E-state index contributed by atoms with van der Waals surface area (Å²) in [5.41, 5.74) is 2.26.